The molecule has 2 aromatic heterocycles. The van der Waals surface area contributed by atoms with E-state index in [1.54, 1.807) is 69.1 Å². The minimum Gasteiger partial charge on any atom is -0.486 e. The first-order valence-corrected chi connectivity index (χ1v) is 9.17. The molecule has 1 N–H and O–H groups in total. The number of carbonyl (C=O) groups is 2. The highest BCUT2D eigenvalue weighted by atomic mass is 35.5. The van der Waals surface area contributed by atoms with Crippen LogP contribution in [0.25, 0.3) is 0 Å². The van der Waals surface area contributed by atoms with Gasteiger partial charge in [-0.25, -0.2) is 0 Å². The molecule has 1 aromatic carbocycles. The van der Waals surface area contributed by atoms with E-state index in [9.17, 15) is 9.59 Å². The highest BCUT2D eigenvalue weighted by molar-refractivity contribution is 6.30. The van der Waals surface area contributed by atoms with Crippen LogP contribution < -0.4 is 10.1 Å². The summed E-state index contributed by atoms with van der Waals surface area (Å²) in [4.78, 5) is 26.4. The predicted molar refractivity (Wildman–Crippen MR) is 108 cm³/mol. The van der Waals surface area contributed by atoms with Crippen LogP contribution in [0, 0.1) is 6.92 Å². The molecule has 0 fully saturated rings. The minimum absolute atomic E-state index is 0.0983. The van der Waals surface area contributed by atoms with Crippen LogP contribution in [0.2, 0.25) is 5.02 Å². The summed E-state index contributed by atoms with van der Waals surface area (Å²) >= 11 is 5.93. The van der Waals surface area contributed by atoms with E-state index >= 15 is 0 Å². The highest BCUT2D eigenvalue weighted by Gasteiger charge is 2.24. The molecule has 152 valence electrons. The minimum atomic E-state index is -0.483. The average Bonchev–Trinajstić information content (AvgIpc) is 3.26. The Morgan fingerprint density at radius 1 is 1.28 bits per heavy atom. The summed E-state index contributed by atoms with van der Waals surface area (Å²) < 4.78 is 12.7. The number of amides is 2. The molecule has 0 saturated carbocycles. The van der Waals surface area contributed by atoms with Gasteiger partial charge in [-0.05, 0) is 37.3 Å². The van der Waals surface area contributed by atoms with E-state index in [1.807, 2.05) is 0 Å². The second kappa shape index (κ2) is 8.40. The molecule has 9 heteroatoms. The fourth-order valence-electron chi connectivity index (χ4n) is 2.58. The van der Waals surface area contributed by atoms with Crippen LogP contribution in [0.15, 0.2) is 40.8 Å². The van der Waals surface area contributed by atoms with Crippen molar-refractivity contribution in [2.45, 2.75) is 13.5 Å². The van der Waals surface area contributed by atoms with Crippen LogP contribution in [0.4, 0.5) is 5.69 Å². The van der Waals surface area contributed by atoms with Gasteiger partial charge in [-0.15, -0.1) is 0 Å². The van der Waals surface area contributed by atoms with E-state index in [4.69, 9.17) is 20.8 Å². The van der Waals surface area contributed by atoms with Crippen molar-refractivity contribution >= 4 is 29.1 Å². The lowest BCUT2D eigenvalue weighted by Gasteiger charge is -2.10. The van der Waals surface area contributed by atoms with Gasteiger partial charge in [0.2, 0.25) is 0 Å². The Kier molecular flexibility index (Phi) is 5.93. The Balaban J connectivity index is 1.72. The van der Waals surface area contributed by atoms with E-state index in [0.717, 1.165) is 0 Å². The number of aryl methyl sites for hydroxylation is 1. The molecule has 3 rings (SSSR count). The number of nitrogens with zero attached hydrogens (tertiary/aromatic N) is 3. The summed E-state index contributed by atoms with van der Waals surface area (Å²) in [6.07, 6.45) is 0. The Bertz CT molecular complexity index is 1050. The predicted octanol–water partition coefficient (Wildman–Crippen LogP) is 3.51. The van der Waals surface area contributed by atoms with E-state index in [0.29, 0.717) is 27.9 Å². The first-order valence-electron chi connectivity index (χ1n) is 8.80. The van der Waals surface area contributed by atoms with Crippen molar-refractivity contribution in [1.82, 2.24) is 14.7 Å². The van der Waals surface area contributed by atoms with Gasteiger partial charge in [0, 0.05) is 26.2 Å². The summed E-state index contributed by atoms with van der Waals surface area (Å²) in [6.45, 7) is 1.91. The number of nitrogens with one attached hydrogen (secondary N) is 1. The van der Waals surface area contributed by atoms with Crippen molar-refractivity contribution < 1.29 is 18.7 Å². The molecule has 0 saturated heterocycles. The lowest BCUT2D eigenvalue weighted by atomic mass is 10.2. The zero-order chi connectivity index (χ0) is 21.1. The number of ether oxygens (including phenoxy) is 1. The first kappa shape index (κ1) is 20.5. The molecule has 2 amide bonds. The maximum Gasteiger partial charge on any atom is 0.291 e. The van der Waals surface area contributed by atoms with Crippen molar-refractivity contribution in [1.29, 1.82) is 0 Å². The second-order valence-corrected chi connectivity index (χ2v) is 7.03. The molecule has 2 heterocycles. The summed E-state index contributed by atoms with van der Waals surface area (Å²) in [5.41, 5.74) is 1.17. The van der Waals surface area contributed by atoms with Gasteiger partial charge >= 0.3 is 0 Å². The lowest BCUT2D eigenvalue weighted by Crippen LogP contribution is -2.24. The Hall–Kier alpha value is -3.26. The normalized spacial score (nSPS) is 10.7. The van der Waals surface area contributed by atoms with Crippen LogP contribution in [0.5, 0.6) is 5.75 Å². The summed E-state index contributed by atoms with van der Waals surface area (Å²) in [6, 6.07) is 10.2. The molecule has 0 aliphatic carbocycles. The van der Waals surface area contributed by atoms with Crippen LogP contribution >= 0.6 is 11.6 Å². The molecular formula is C20H21ClN4O4. The molecule has 0 spiro atoms. The van der Waals surface area contributed by atoms with Gasteiger partial charge < -0.3 is 19.4 Å². The second-order valence-electron chi connectivity index (χ2n) is 6.60. The van der Waals surface area contributed by atoms with Crippen molar-refractivity contribution in [2.75, 3.05) is 19.4 Å². The zero-order valence-electron chi connectivity index (χ0n) is 16.5. The average molecular weight is 417 g/mol. The number of hydrogen-bond acceptors (Lipinski definition) is 5. The van der Waals surface area contributed by atoms with Gasteiger partial charge in [0.1, 0.15) is 18.1 Å². The van der Waals surface area contributed by atoms with E-state index in [1.165, 1.54) is 4.90 Å². The first-order chi connectivity index (χ1) is 13.8. The van der Waals surface area contributed by atoms with E-state index in [-0.39, 0.29) is 24.0 Å². The van der Waals surface area contributed by atoms with Gasteiger partial charge in [0.05, 0.1) is 11.4 Å². The molecule has 8 nitrogen and oxygen atoms in total. The third-order valence-electron chi connectivity index (χ3n) is 4.24. The molecule has 3 aromatic rings. The van der Waals surface area contributed by atoms with Crippen LogP contribution in [0.3, 0.4) is 0 Å². The number of aromatic nitrogens is 2. The van der Waals surface area contributed by atoms with Crippen molar-refractivity contribution in [3.63, 3.8) is 0 Å². The third-order valence-corrected chi connectivity index (χ3v) is 4.48. The zero-order valence-corrected chi connectivity index (χ0v) is 17.3. The standard InChI is InChI=1S/C20H21ClN4O4/c1-12-17(18(23-25(12)4)20(27)24(2)3)22-19(26)16-9-8-15(29-16)11-28-14-7-5-6-13(21)10-14/h5-10H,11H2,1-4H3,(H,22,26). The van der Waals surface area contributed by atoms with Crippen LogP contribution in [-0.2, 0) is 13.7 Å². The lowest BCUT2D eigenvalue weighted by molar-refractivity contribution is 0.0822. The number of halogens is 1. The van der Waals surface area contributed by atoms with Crippen LogP contribution in [0.1, 0.15) is 32.5 Å². The molecule has 0 radical (unpaired) electrons. The van der Waals surface area contributed by atoms with Gasteiger partial charge in [-0.1, -0.05) is 17.7 Å². The van der Waals surface area contributed by atoms with Crippen molar-refractivity contribution in [3.05, 3.63) is 64.3 Å². The molecule has 0 aliphatic rings. The Morgan fingerprint density at radius 2 is 2.03 bits per heavy atom. The quantitative estimate of drug-likeness (QED) is 0.664. The largest absolute Gasteiger partial charge is 0.486 e. The fraction of sp³-hybridized carbons (Fsp3) is 0.250. The summed E-state index contributed by atoms with van der Waals surface area (Å²) in [5.74, 6) is 0.378. The SMILES string of the molecule is Cc1c(NC(=O)c2ccc(COc3cccc(Cl)c3)o2)c(C(=O)N(C)C)nn1C. The fourth-order valence-corrected chi connectivity index (χ4v) is 2.76. The number of rotatable bonds is 6. The smallest absolute Gasteiger partial charge is 0.291 e. The molecule has 0 unspecified atom stereocenters. The maximum atomic E-state index is 12.6. The molecular weight excluding hydrogens is 396 g/mol. The third kappa shape index (κ3) is 4.60. The van der Waals surface area contributed by atoms with E-state index < -0.39 is 5.91 Å². The number of hydrogen-bond donors (Lipinski definition) is 1. The molecule has 29 heavy (non-hydrogen) atoms. The van der Waals surface area contributed by atoms with Crippen molar-refractivity contribution in [3.8, 4) is 5.75 Å². The summed E-state index contributed by atoms with van der Waals surface area (Å²) in [7, 11) is 4.95. The number of carbonyl (C=O) groups excluding carboxylic acids is 2. The van der Waals surface area contributed by atoms with Crippen molar-refractivity contribution in [2.24, 2.45) is 7.05 Å². The molecule has 0 aliphatic heterocycles. The van der Waals surface area contributed by atoms with E-state index in [2.05, 4.69) is 10.4 Å². The van der Waals surface area contributed by atoms with Gasteiger partial charge in [0.15, 0.2) is 11.5 Å². The number of benzene rings is 1. The maximum absolute atomic E-state index is 12.6. The topological polar surface area (TPSA) is 89.6 Å². The Labute approximate surface area is 173 Å². The van der Waals surface area contributed by atoms with Gasteiger partial charge in [-0.2, -0.15) is 5.10 Å². The highest BCUT2D eigenvalue weighted by Crippen LogP contribution is 2.23. The Morgan fingerprint density at radius 3 is 2.72 bits per heavy atom. The number of anilines is 1. The summed E-state index contributed by atoms with van der Waals surface area (Å²) in [5, 5.41) is 7.49. The van der Waals surface area contributed by atoms with Gasteiger partial charge in [-0.3, -0.25) is 14.3 Å². The van der Waals surface area contributed by atoms with Gasteiger partial charge in [0.25, 0.3) is 11.8 Å². The number of furan rings is 1. The van der Waals surface area contributed by atoms with Crippen LogP contribution in [-0.4, -0.2) is 40.6 Å². The monoisotopic (exact) mass is 416 g/mol. The molecule has 0 bridgehead atoms. The molecule has 0 atom stereocenters.